The number of likely N-dealkylation sites (tertiary alicyclic amines) is 1. The second kappa shape index (κ2) is 8.80. The summed E-state index contributed by atoms with van der Waals surface area (Å²) >= 11 is 6.16. The van der Waals surface area contributed by atoms with Crippen LogP contribution in [0.4, 0.5) is 4.39 Å². The molecule has 1 N–H and O–H groups in total. The van der Waals surface area contributed by atoms with Gasteiger partial charge in [-0.25, -0.2) is 13.9 Å². The maximum absolute atomic E-state index is 14.4. The van der Waals surface area contributed by atoms with E-state index in [1.54, 1.807) is 0 Å². The molecule has 0 bridgehead atoms. The zero-order valence-electron chi connectivity index (χ0n) is 18.5. The number of fused-ring (bicyclic) bond motifs is 1. The van der Waals surface area contributed by atoms with Crippen LogP contribution in [0.25, 0.3) is 5.65 Å². The lowest BCUT2D eigenvalue weighted by molar-refractivity contribution is 0.121. The number of aromatic nitrogens is 4. The highest BCUT2D eigenvalue weighted by Crippen LogP contribution is 2.32. The Balaban J connectivity index is 1.75. The molecule has 8 nitrogen and oxygen atoms in total. The van der Waals surface area contributed by atoms with E-state index in [2.05, 4.69) is 27.0 Å². The molecule has 1 aliphatic heterocycles. The number of halogens is 2. The highest BCUT2D eigenvalue weighted by molar-refractivity contribution is 6.31. The summed E-state index contributed by atoms with van der Waals surface area (Å²) < 4.78 is 27.7. The second-order valence-corrected chi connectivity index (χ2v) is 9.37. The first-order chi connectivity index (χ1) is 15.1. The van der Waals surface area contributed by atoms with Gasteiger partial charge in [0.2, 0.25) is 5.65 Å². The van der Waals surface area contributed by atoms with Gasteiger partial charge in [-0.2, -0.15) is 4.98 Å². The standard InChI is InChI=1S/C22H27ClFN5O3/c1-22(2,3)32-20-19-25-11-16(18(30)17-14(23)8-5-9-15(17)24)29(19)27-21(26-20)31-12-13-7-6-10-28(13)4/h5,8-9,11,13,18,30H,6-7,10,12H2,1-4H3. The molecule has 1 aliphatic rings. The van der Waals surface area contributed by atoms with Gasteiger partial charge in [-0.1, -0.05) is 17.7 Å². The van der Waals surface area contributed by atoms with Crippen molar-refractivity contribution in [2.45, 2.75) is 51.4 Å². The van der Waals surface area contributed by atoms with Gasteiger partial charge in [-0.05, 0) is 59.3 Å². The highest BCUT2D eigenvalue weighted by Gasteiger charge is 2.27. The topological polar surface area (TPSA) is 85.0 Å². The van der Waals surface area contributed by atoms with Gasteiger partial charge >= 0.3 is 6.01 Å². The van der Waals surface area contributed by atoms with Crippen LogP contribution in [0.5, 0.6) is 11.9 Å². The van der Waals surface area contributed by atoms with Crippen molar-refractivity contribution in [2.75, 3.05) is 20.2 Å². The van der Waals surface area contributed by atoms with Crippen LogP contribution in [0, 0.1) is 5.82 Å². The molecule has 1 saturated heterocycles. The molecule has 2 atom stereocenters. The van der Waals surface area contributed by atoms with Gasteiger partial charge in [0.05, 0.1) is 11.9 Å². The fourth-order valence-electron chi connectivity index (χ4n) is 3.74. The number of likely N-dealkylation sites (N-methyl/N-ethyl adjacent to an activating group) is 1. The van der Waals surface area contributed by atoms with E-state index in [1.807, 2.05) is 20.8 Å². The average Bonchev–Trinajstić information content (AvgIpc) is 3.31. The van der Waals surface area contributed by atoms with Crippen molar-refractivity contribution in [3.8, 4) is 11.9 Å². The number of aliphatic hydroxyl groups excluding tert-OH is 1. The number of aliphatic hydroxyl groups is 1. The lowest BCUT2D eigenvalue weighted by Crippen LogP contribution is -2.31. The molecular weight excluding hydrogens is 437 g/mol. The third kappa shape index (κ3) is 4.65. The lowest BCUT2D eigenvalue weighted by Gasteiger charge is -2.22. The predicted molar refractivity (Wildman–Crippen MR) is 118 cm³/mol. The van der Waals surface area contributed by atoms with Crippen LogP contribution in [0.3, 0.4) is 0 Å². The van der Waals surface area contributed by atoms with Gasteiger partial charge in [0.1, 0.15) is 24.1 Å². The first kappa shape index (κ1) is 22.7. The monoisotopic (exact) mass is 463 g/mol. The smallest absolute Gasteiger partial charge is 0.337 e. The van der Waals surface area contributed by atoms with Crippen LogP contribution in [0.1, 0.15) is 51.0 Å². The molecule has 10 heteroatoms. The minimum Gasteiger partial charge on any atom is -0.469 e. The number of nitrogens with zero attached hydrogens (tertiary/aromatic N) is 5. The van der Waals surface area contributed by atoms with Crippen LogP contribution in [-0.2, 0) is 0 Å². The van der Waals surface area contributed by atoms with E-state index in [9.17, 15) is 9.50 Å². The molecule has 3 aromatic rings. The zero-order chi connectivity index (χ0) is 23.0. The van der Waals surface area contributed by atoms with Crippen LogP contribution < -0.4 is 9.47 Å². The fourth-order valence-corrected chi connectivity index (χ4v) is 4.01. The Morgan fingerprint density at radius 1 is 1.34 bits per heavy atom. The molecular formula is C22H27ClFN5O3. The zero-order valence-corrected chi connectivity index (χ0v) is 19.3. The Hall–Kier alpha value is -2.49. The highest BCUT2D eigenvalue weighted by atomic mass is 35.5. The summed E-state index contributed by atoms with van der Waals surface area (Å²) in [5.41, 5.74) is -0.108. The second-order valence-electron chi connectivity index (χ2n) is 8.96. The van der Waals surface area contributed by atoms with Crippen molar-refractivity contribution >= 4 is 17.2 Å². The van der Waals surface area contributed by atoms with E-state index in [-0.39, 0.29) is 39.9 Å². The number of ether oxygens (including phenoxy) is 2. The summed E-state index contributed by atoms with van der Waals surface area (Å²) in [6.07, 6.45) is 2.15. The summed E-state index contributed by atoms with van der Waals surface area (Å²) in [4.78, 5) is 11.0. The molecule has 4 rings (SSSR count). The Morgan fingerprint density at radius 2 is 2.12 bits per heavy atom. The van der Waals surface area contributed by atoms with Gasteiger partial charge in [-0.15, -0.1) is 5.10 Å². The third-order valence-electron chi connectivity index (χ3n) is 5.37. The minimum absolute atomic E-state index is 0.0529. The molecule has 0 saturated carbocycles. The van der Waals surface area contributed by atoms with Gasteiger partial charge in [0, 0.05) is 16.6 Å². The Bertz CT molecular complexity index is 1100. The van der Waals surface area contributed by atoms with Crippen molar-refractivity contribution in [3.05, 3.63) is 46.5 Å². The molecule has 0 spiro atoms. The molecule has 2 aromatic heterocycles. The van der Waals surface area contributed by atoms with Gasteiger partial charge in [-0.3, -0.25) is 0 Å². The van der Waals surface area contributed by atoms with Crippen LogP contribution >= 0.6 is 11.6 Å². The Labute approximate surface area is 190 Å². The molecule has 1 fully saturated rings. The lowest BCUT2D eigenvalue weighted by atomic mass is 10.1. The number of hydrogen-bond acceptors (Lipinski definition) is 7. The van der Waals surface area contributed by atoms with E-state index < -0.39 is 17.5 Å². The SMILES string of the molecule is CN1CCCC1COc1nc(OC(C)(C)C)c2ncc(C(O)c3c(F)cccc3Cl)n2n1. The van der Waals surface area contributed by atoms with Crippen LogP contribution in [0.2, 0.25) is 5.02 Å². The largest absolute Gasteiger partial charge is 0.469 e. The van der Waals surface area contributed by atoms with Crippen molar-refractivity contribution in [2.24, 2.45) is 0 Å². The molecule has 0 amide bonds. The normalized spacial score (nSPS) is 18.3. The van der Waals surface area contributed by atoms with E-state index in [4.69, 9.17) is 21.1 Å². The summed E-state index contributed by atoms with van der Waals surface area (Å²) in [6, 6.07) is 4.59. The number of benzene rings is 1. The minimum atomic E-state index is -1.40. The maximum Gasteiger partial charge on any atom is 0.337 e. The van der Waals surface area contributed by atoms with Gasteiger partial charge in [0.25, 0.3) is 5.88 Å². The van der Waals surface area contributed by atoms with Gasteiger partial charge < -0.3 is 19.5 Å². The third-order valence-corrected chi connectivity index (χ3v) is 5.70. The summed E-state index contributed by atoms with van der Waals surface area (Å²) in [5, 5.41) is 15.5. The van der Waals surface area contributed by atoms with E-state index in [0.717, 1.165) is 19.4 Å². The number of hydrogen-bond donors (Lipinski definition) is 1. The molecule has 32 heavy (non-hydrogen) atoms. The number of rotatable bonds is 6. The quantitative estimate of drug-likeness (QED) is 0.597. The average molecular weight is 464 g/mol. The van der Waals surface area contributed by atoms with Crippen molar-refractivity contribution in [3.63, 3.8) is 0 Å². The molecule has 1 aromatic carbocycles. The van der Waals surface area contributed by atoms with Gasteiger partial charge in [0.15, 0.2) is 0 Å². The molecule has 3 heterocycles. The van der Waals surface area contributed by atoms with Crippen LogP contribution in [0.15, 0.2) is 24.4 Å². The van der Waals surface area contributed by atoms with E-state index >= 15 is 0 Å². The molecule has 172 valence electrons. The molecule has 0 radical (unpaired) electrons. The molecule has 2 unspecified atom stereocenters. The summed E-state index contributed by atoms with van der Waals surface area (Å²) in [5.74, 6) is -0.415. The van der Waals surface area contributed by atoms with Crippen molar-refractivity contribution in [1.29, 1.82) is 0 Å². The number of imidazole rings is 1. The summed E-state index contributed by atoms with van der Waals surface area (Å²) in [6.45, 7) is 7.10. The van der Waals surface area contributed by atoms with Crippen molar-refractivity contribution < 1.29 is 19.0 Å². The Kier molecular flexibility index (Phi) is 6.24. The maximum atomic E-state index is 14.4. The fraction of sp³-hybridized carbons (Fsp3) is 0.500. The van der Waals surface area contributed by atoms with Crippen molar-refractivity contribution in [1.82, 2.24) is 24.5 Å². The molecule has 0 aliphatic carbocycles. The first-order valence-corrected chi connectivity index (χ1v) is 10.9. The van der Waals surface area contributed by atoms with Crippen LogP contribution in [-0.4, -0.2) is 61.4 Å². The first-order valence-electron chi connectivity index (χ1n) is 10.5. The Morgan fingerprint density at radius 3 is 2.78 bits per heavy atom. The van der Waals surface area contributed by atoms with E-state index in [0.29, 0.717) is 6.61 Å². The van der Waals surface area contributed by atoms with E-state index in [1.165, 1.54) is 28.9 Å². The predicted octanol–water partition coefficient (Wildman–Crippen LogP) is 3.65. The summed E-state index contributed by atoms with van der Waals surface area (Å²) in [7, 11) is 2.06.